The molecule has 0 saturated carbocycles. The lowest BCUT2D eigenvalue weighted by Crippen LogP contribution is -2.11. The van der Waals surface area contributed by atoms with Crippen LogP contribution < -0.4 is 5.43 Å². The Morgan fingerprint density at radius 1 is 1.31 bits per heavy atom. The number of H-pyrrole nitrogens is 1. The molecule has 0 fully saturated rings. The quantitative estimate of drug-likeness (QED) is 0.789. The van der Waals surface area contributed by atoms with Crippen LogP contribution in [0.2, 0.25) is 0 Å². The average Bonchev–Trinajstić information content (AvgIpc) is 2.72. The van der Waals surface area contributed by atoms with Crippen molar-refractivity contribution in [3.05, 3.63) is 43.6 Å². The number of rotatable bonds is 0. The van der Waals surface area contributed by atoms with Crippen LogP contribution in [0, 0.1) is 6.92 Å². The Hall–Kier alpha value is -1.09. The minimum Gasteiger partial charge on any atom is -0.358 e. The van der Waals surface area contributed by atoms with Gasteiger partial charge in [0.1, 0.15) is 0 Å². The van der Waals surface area contributed by atoms with E-state index in [-0.39, 0.29) is 5.43 Å². The van der Waals surface area contributed by atoms with E-state index in [0.29, 0.717) is 0 Å². The lowest BCUT2D eigenvalue weighted by molar-refractivity contribution is 0.900. The first-order chi connectivity index (χ1) is 7.68. The number of nitrogens with one attached hydrogen (secondary N) is 1. The van der Waals surface area contributed by atoms with Crippen LogP contribution in [-0.4, -0.2) is 4.98 Å². The van der Waals surface area contributed by atoms with Gasteiger partial charge in [0.05, 0.1) is 10.9 Å². The van der Waals surface area contributed by atoms with E-state index in [0.717, 1.165) is 51.5 Å². The molecule has 1 aromatic heterocycles. The molecule has 0 bridgehead atoms. The van der Waals surface area contributed by atoms with Crippen molar-refractivity contribution < 1.29 is 0 Å². The van der Waals surface area contributed by atoms with E-state index >= 15 is 0 Å². The largest absolute Gasteiger partial charge is 0.358 e. The molecular formula is C13H12BrNO. The van der Waals surface area contributed by atoms with E-state index in [1.165, 1.54) is 0 Å². The SMILES string of the molecule is Cc1ccc(Br)c2c(=O)c3c([nH]c12)CCC3. The predicted octanol–water partition coefficient (Wildman–Crippen LogP) is 3.09. The van der Waals surface area contributed by atoms with Gasteiger partial charge in [-0.25, -0.2) is 0 Å². The third-order valence-corrected chi connectivity index (χ3v) is 4.02. The normalized spacial score (nSPS) is 14.4. The second kappa shape index (κ2) is 3.45. The Labute approximate surface area is 102 Å². The van der Waals surface area contributed by atoms with E-state index in [1.807, 2.05) is 19.1 Å². The zero-order valence-electron chi connectivity index (χ0n) is 9.06. The van der Waals surface area contributed by atoms with E-state index in [9.17, 15) is 4.79 Å². The number of pyridine rings is 1. The minimum atomic E-state index is 0.205. The van der Waals surface area contributed by atoms with Crippen molar-refractivity contribution in [3.63, 3.8) is 0 Å². The van der Waals surface area contributed by atoms with Gasteiger partial charge in [0.2, 0.25) is 0 Å². The van der Waals surface area contributed by atoms with Gasteiger partial charge in [-0.15, -0.1) is 0 Å². The lowest BCUT2D eigenvalue weighted by atomic mass is 10.1. The highest BCUT2D eigenvalue weighted by atomic mass is 79.9. The van der Waals surface area contributed by atoms with Crippen LogP contribution in [0.4, 0.5) is 0 Å². The maximum Gasteiger partial charge on any atom is 0.193 e. The molecule has 0 saturated heterocycles. The molecule has 0 unspecified atom stereocenters. The molecule has 2 nitrogen and oxygen atoms in total. The minimum absolute atomic E-state index is 0.205. The standard InChI is InChI=1S/C13H12BrNO/c1-7-5-6-9(14)11-12(7)15-10-4-2-3-8(10)13(11)16/h5-6H,2-4H2,1H3,(H,15,16). The highest BCUT2D eigenvalue weighted by Gasteiger charge is 2.18. The molecule has 0 atom stereocenters. The molecule has 82 valence electrons. The topological polar surface area (TPSA) is 32.9 Å². The van der Waals surface area contributed by atoms with Crippen molar-refractivity contribution in [1.29, 1.82) is 0 Å². The Bertz CT molecular complexity index is 642. The second-order valence-electron chi connectivity index (χ2n) is 4.38. The van der Waals surface area contributed by atoms with Gasteiger partial charge in [-0.3, -0.25) is 4.79 Å². The molecule has 1 heterocycles. The molecule has 0 spiro atoms. The zero-order valence-corrected chi connectivity index (χ0v) is 10.6. The van der Waals surface area contributed by atoms with Crippen LogP contribution in [-0.2, 0) is 12.8 Å². The Morgan fingerprint density at radius 3 is 2.94 bits per heavy atom. The number of benzene rings is 1. The fourth-order valence-electron chi connectivity index (χ4n) is 2.50. The maximum atomic E-state index is 12.3. The summed E-state index contributed by atoms with van der Waals surface area (Å²) in [6.45, 7) is 2.03. The first kappa shape index (κ1) is 10.1. The Morgan fingerprint density at radius 2 is 2.12 bits per heavy atom. The summed E-state index contributed by atoms with van der Waals surface area (Å²) in [4.78, 5) is 15.8. The molecule has 16 heavy (non-hydrogen) atoms. The van der Waals surface area contributed by atoms with Gasteiger partial charge in [-0.05, 0) is 53.7 Å². The molecule has 1 aliphatic carbocycles. The van der Waals surface area contributed by atoms with Crippen LogP contribution in [0.25, 0.3) is 10.9 Å². The van der Waals surface area contributed by atoms with Gasteiger partial charge in [-0.1, -0.05) is 6.07 Å². The highest BCUT2D eigenvalue weighted by Crippen LogP contribution is 2.26. The third kappa shape index (κ3) is 1.27. The van der Waals surface area contributed by atoms with Crippen LogP contribution in [0.15, 0.2) is 21.4 Å². The lowest BCUT2D eigenvalue weighted by Gasteiger charge is -2.07. The van der Waals surface area contributed by atoms with E-state index in [2.05, 4.69) is 20.9 Å². The number of hydrogen-bond donors (Lipinski definition) is 1. The predicted molar refractivity (Wildman–Crippen MR) is 69.0 cm³/mol. The highest BCUT2D eigenvalue weighted by molar-refractivity contribution is 9.10. The van der Waals surface area contributed by atoms with E-state index in [4.69, 9.17) is 0 Å². The van der Waals surface area contributed by atoms with Gasteiger partial charge in [0.15, 0.2) is 5.43 Å². The summed E-state index contributed by atoms with van der Waals surface area (Å²) in [5, 5.41) is 0.806. The molecule has 0 radical (unpaired) electrons. The van der Waals surface area contributed by atoms with Crippen molar-refractivity contribution in [2.75, 3.05) is 0 Å². The first-order valence-electron chi connectivity index (χ1n) is 5.51. The fourth-order valence-corrected chi connectivity index (χ4v) is 3.01. The maximum absolute atomic E-state index is 12.3. The van der Waals surface area contributed by atoms with Gasteiger partial charge >= 0.3 is 0 Å². The van der Waals surface area contributed by atoms with Gasteiger partial charge in [-0.2, -0.15) is 0 Å². The summed E-state index contributed by atoms with van der Waals surface area (Å²) in [5.41, 5.74) is 4.44. The number of hydrogen-bond acceptors (Lipinski definition) is 1. The molecule has 1 aliphatic rings. The number of aromatic nitrogens is 1. The molecular weight excluding hydrogens is 266 g/mol. The summed E-state index contributed by atoms with van der Waals surface area (Å²) in [6.07, 6.45) is 3.02. The number of aromatic amines is 1. The van der Waals surface area contributed by atoms with Crippen LogP contribution in [0.5, 0.6) is 0 Å². The van der Waals surface area contributed by atoms with Crippen LogP contribution in [0.3, 0.4) is 0 Å². The molecule has 1 aromatic carbocycles. The molecule has 3 rings (SSSR count). The van der Waals surface area contributed by atoms with Gasteiger partial charge in [0, 0.05) is 15.7 Å². The molecule has 3 heteroatoms. The number of fused-ring (bicyclic) bond motifs is 2. The van der Waals surface area contributed by atoms with Gasteiger partial charge in [0.25, 0.3) is 0 Å². The molecule has 0 aliphatic heterocycles. The number of aryl methyl sites for hydroxylation is 2. The molecule has 1 N–H and O–H groups in total. The smallest absolute Gasteiger partial charge is 0.193 e. The van der Waals surface area contributed by atoms with E-state index < -0.39 is 0 Å². The first-order valence-corrected chi connectivity index (χ1v) is 6.30. The Balaban J connectivity index is 2.56. The molecule has 0 amide bonds. The van der Waals surface area contributed by atoms with Crippen molar-refractivity contribution >= 4 is 26.8 Å². The van der Waals surface area contributed by atoms with Gasteiger partial charge < -0.3 is 4.98 Å². The summed E-state index contributed by atoms with van der Waals surface area (Å²) in [7, 11) is 0. The van der Waals surface area contributed by atoms with Crippen molar-refractivity contribution in [2.45, 2.75) is 26.2 Å². The summed E-state index contributed by atoms with van der Waals surface area (Å²) >= 11 is 3.47. The van der Waals surface area contributed by atoms with Crippen molar-refractivity contribution in [2.24, 2.45) is 0 Å². The third-order valence-electron chi connectivity index (χ3n) is 3.36. The van der Waals surface area contributed by atoms with Crippen LogP contribution >= 0.6 is 15.9 Å². The second-order valence-corrected chi connectivity index (χ2v) is 5.23. The number of halogens is 1. The van der Waals surface area contributed by atoms with Crippen molar-refractivity contribution in [3.8, 4) is 0 Å². The monoisotopic (exact) mass is 277 g/mol. The van der Waals surface area contributed by atoms with Crippen LogP contribution in [0.1, 0.15) is 23.2 Å². The fraction of sp³-hybridized carbons (Fsp3) is 0.308. The molecule has 2 aromatic rings. The van der Waals surface area contributed by atoms with Crippen molar-refractivity contribution in [1.82, 2.24) is 4.98 Å². The average molecular weight is 278 g/mol. The van der Waals surface area contributed by atoms with E-state index in [1.54, 1.807) is 0 Å². The Kier molecular flexibility index (Phi) is 2.18. The zero-order chi connectivity index (χ0) is 11.3. The summed E-state index contributed by atoms with van der Waals surface area (Å²) < 4.78 is 0.893. The summed E-state index contributed by atoms with van der Waals surface area (Å²) in [6, 6.07) is 3.98. The summed E-state index contributed by atoms with van der Waals surface area (Å²) in [5.74, 6) is 0.